The Morgan fingerprint density at radius 1 is 1.20 bits per heavy atom. The summed E-state index contributed by atoms with van der Waals surface area (Å²) in [5.41, 5.74) is 0.470. The summed E-state index contributed by atoms with van der Waals surface area (Å²) in [5, 5.41) is 0. The highest BCUT2D eigenvalue weighted by Crippen LogP contribution is 2.30. The second kappa shape index (κ2) is 5.52. The number of likely N-dealkylation sites (N-methyl/N-ethyl adjacent to an activating group) is 1. The summed E-state index contributed by atoms with van der Waals surface area (Å²) >= 11 is 0. The molecule has 0 radical (unpaired) electrons. The van der Waals surface area contributed by atoms with E-state index in [1.54, 1.807) is 12.1 Å². The van der Waals surface area contributed by atoms with E-state index < -0.39 is 0 Å². The van der Waals surface area contributed by atoms with Gasteiger partial charge in [-0.3, -0.25) is 4.79 Å². The minimum absolute atomic E-state index is 0.0210. The minimum atomic E-state index is -0.343. The largest absolute Gasteiger partial charge is 0.334 e. The second-order valence-corrected chi connectivity index (χ2v) is 5.91. The Balaban J connectivity index is 1.79. The Kier molecular flexibility index (Phi) is 3.74. The van der Waals surface area contributed by atoms with Gasteiger partial charge in [-0.2, -0.15) is 0 Å². The molecule has 4 heteroatoms. The number of rotatable bonds is 2. The summed E-state index contributed by atoms with van der Waals surface area (Å²) in [4.78, 5) is 16.9. The Morgan fingerprint density at radius 3 is 2.65 bits per heavy atom. The second-order valence-electron chi connectivity index (χ2n) is 5.91. The third-order valence-electron chi connectivity index (χ3n) is 4.65. The van der Waals surface area contributed by atoms with E-state index in [0.29, 0.717) is 17.6 Å². The first-order valence-electron chi connectivity index (χ1n) is 7.43. The monoisotopic (exact) mass is 276 g/mol. The van der Waals surface area contributed by atoms with Crippen molar-refractivity contribution in [3.05, 3.63) is 35.6 Å². The molecule has 2 atom stereocenters. The lowest BCUT2D eigenvalue weighted by atomic mass is 10.0. The summed E-state index contributed by atoms with van der Waals surface area (Å²) in [5.74, 6) is -0.364. The zero-order valence-corrected chi connectivity index (χ0v) is 11.9. The van der Waals surface area contributed by atoms with Crippen LogP contribution in [-0.4, -0.2) is 47.9 Å². The van der Waals surface area contributed by atoms with E-state index in [4.69, 9.17) is 0 Å². The van der Waals surface area contributed by atoms with Crippen LogP contribution >= 0.6 is 0 Å². The quantitative estimate of drug-likeness (QED) is 0.828. The van der Waals surface area contributed by atoms with E-state index in [2.05, 4.69) is 11.9 Å². The van der Waals surface area contributed by atoms with Gasteiger partial charge in [0.2, 0.25) is 0 Å². The van der Waals surface area contributed by atoms with Crippen molar-refractivity contribution in [1.29, 1.82) is 0 Å². The van der Waals surface area contributed by atoms with Crippen molar-refractivity contribution < 1.29 is 9.18 Å². The fourth-order valence-corrected chi connectivity index (χ4v) is 3.65. The van der Waals surface area contributed by atoms with Gasteiger partial charge in [-0.15, -0.1) is 0 Å². The van der Waals surface area contributed by atoms with Crippen LogP contribution in [0, 0.1) is 5.82 Å². The molecule has 1 amide bonds. The van der Waals surface area contributed by atoms with Crippen molar-refractivity contribution in [2.24, 2.45) is 0 Å². The zero-order valence-electron chi connectivity index (χ0n) is 11.9. The van der Waals surface area contributed by atoms with E-state index in [1.165, 1.54) is 18.6 Å². The van der Waals surface area contributed by atoms with Crippen LogP contribution in [0.4, 0.5) is 4.39 Å². The number of nitrogens with zero attached hydrogens (tertiary/aromatic N) is 2. The third kappa shape index (κ3) is 2.44. The number of halogens is 1. The van der Waals surface area contributed by atoms with E-state index in [1.807, 2.05) is 4.90 Å². The van der Waals surface area contributed by atoms with Crippen LogP contribution in [0.2, 0.25) is 0 Å². The van der Waals surface area contributed by atoms with Crippen LogP contribution in [0.15, 0.2) is 24.3 Å². The lowest BCUT2D eigenvalue weighted by Crippen LogP contribution is -2.47. The fourth-order valence-electron chi connectivity index (χ4n) is 3.65. The lowest BCUT2D eigenvalue weighted by molar-refractivity contribution is 0.0664. The first-order valence-corrected chi connectivity index (χ1v) is 7.43. The fraction of sp³-hybridized carbons (Fsp3) is 0.562. The van der Waals surface area contributed by atoms with E-state index in [9.17, 15) is 9.18 Å². The molecule has 0 spiro atoms. The number of hydrogen-bond donors (Lipinski definition) is 0. The summed E-state index contributed by atoms with van der Waals surface area (Å²) in [6.07, 6.45) is 4.49. The van der Waals surface area contributed by atoms with Gasteiger partial charge >= 0.3 is 0 Å². The molecule has 20 heavy (non-hydrogen) atoms. The average molecular weight is 276 g/mol. The van der Waals surface area contributed by atoms with Gasteiger partial charge in [0, 0.05) is 24.2 Å². The van der Waals surface area contributed by atoms with Gasteiger partial charge in [0.05, 0.1) is 0 Å². The predicted octanol–water partition coefficient (Wildman–Crippen LogP) is 2.52. The molecule has 2 heterocycles. The maximum atomic E-state index is 13.3. The number of amides is 1. The molecule has 0 bridgehead atoms. The first-order chi connectivity index (χ1) is 9.66. The van der Waals surface area contributed by atoms with E-state index >= 15 is 0 Å². The highest BCUT2D eigenvalue weighted by molar-refractivity contribution is 5.94. The molecule has 0 aromatic heterocycles. The van der Waals surface area contributed by atoms with Gasteiger partial charge in [0.25, 0.3) is 5.91 Å². The maximum Gasteiger partial charge on any atom is 0.254 e. The van der Waals surface area contributed by atoms with Crippen molar-refractivity contribution in [1.82, 2.24) is 9.80 Å². The molecule has 3 rings (SSSR count). The van der Waals surface area contributed by atoms with Gasteiger partial charge in [0.15, 0.2) is 0 Å². The van der Waals surface area contributed by atoms with E-state index in [-0.39, 0.29) is 11.7 Å². The summed E-state index contributed by atoms with van der Waals surface area (Å²) in [6, 6.07) is 6.79. The van der Waals surface area contributed by atoms with Crippen LogP contribution in [0.3, 0.4) is 0 Å². The van der Waals surface area contributed by atoms with Crippen molar-refractivity contribution in [2.45, 2.75) is 37.8 Å². The Labute approximate surface area is 119 Å². The van der Waals surface area contributed by atoms with Crippen molar-refractivity contribution in [3.63, 3.8) is 0 Å². The first kappa shape index (κ1) is 13.6. The average Bonchev–Trinajstić information content (AvgIpc) is 3.06. The number of hydrogen-bond acceptors (Lipinski definition) is 2. The molecule has 2 fully saturated rings. The Bertz CT molecular complexity index is 505. The smallest absolute Gasteiger partial charge is 0.254 e. The number of carbonyl (C=O) groups is 1. The molecule has 0 aliphatic carbocycles. The maximum absolute atomic E-state index is 13.3. The van der Waals surface area contributed by atoms with Gasteiger partial charge in [0.1, 0.15) is 5.82 Å². The van der Waals surface area contributed by atoms with Crippen LogP contribution < -0.4 is 0 Å². The molecule has 108 valence electrons. The van der Waals surface area contributed by atoms with E-state index in [0.717, 1.165) is 32.4 Å². The van der Waals surface area contributed by atoms with Crippen molar-refractivity contribution in [3.8, 4) is 0 Å². The molecular formula is C16H21FN2O. The Hall–Kier alpha value is -1.42. The number of likely N-dealkylation sites (tertiary alicyclic amines) is 2. The normalized spacial score (nSPS) is 27.2. The molecule has 0 N–H and O–H groups in total. The Morgan fingerprint density at radius 2 is 1.95 bits per heavy atom. The molecular weight excluding hydrogens is 255 g/mol. The molecule has 1 aromatic carbocycles. The van der Waals surface area contributed by atoms with Gasteiger partial charge in [-0.05, 0) is 57.5 Å². The molecule has 2 saturated heterocycles. The number of benzene rings is 1. The van der Waals surface area contributed by atoms with Gasteiger partial charge in [-0.1, -0.05) is 6.07 Å². The van der Waals surface area contributed by atoms with Crippen LogP contribution in [0.5, 0.6) is 0 Å². The highest BCUT2D eigenvalue weighted by atomic mass is 19.1. The molecule has 3 nitrogen and oxygen atoms in total. The minimum Gasteiger partial charge on any atom is -0.334 e. The van der Waals surface area contributed by atoms with Crippen LogP contribution in [-0.2, 0) is 0 Å². The summed E-state index contributed by atoms with van der Waals surface area (Å²) in [6.45, 7) is 1.91. The zero-order chi connectivity index (χ0) is 14.1. The highest BCUT2D eigenvalue weighted by Gasteiger charge is 2.38. The molecule has 1 aromatic rings. The van der Waals surface area contributed by atoms with Gasteiger partial charge in [-0.25, -0.2) is 4.39 Å². The topological polar surface area (TPSA) is 23.6 Å². The molecule has 2 aliphatic heterocycles. The summed E-state index contributed by atoms with van der Waals surface area (Å²) in [7, 11) is 2.14. The number of carbonyl (C=O) groups excluding carboxylic acids is 1. The summed E-state index contributed by atoms with van der Waals surface area (Å²) < 4.78 is 13.3. The van der Waals surface area contributed by atoms with Crippen molar-refractivity contribution in [2.75, 3.05) is 20.1 Å². The SMILES string of the molecule is CN1CCC[C@H]1[C@@H]1CCCN1C(=O)c1cccc(F)c1. The lowest BCUT2D eigenvalue weighted by Gasteiger charge is -2.33. The van der Waals surface area contributed by atoms with Crippen LogP contribution in [0.25, 0.3) is 0 Å². The van der Waals surface area contributed by atoms with Crippen molar-refractivity contribution >= 4 is 5.91 Å². The van der Waals surface area contributed by atoms with Crippen LogP contribution in [0.1, 0.15) is 36.0 Å². The predicted molar refractivity (Wildman–Crippen MR) is 76.1 cm³/mol. The standard InChI is InChI=1S/C16H21FN2O/c1-18-9-3-7-14(18)15-8-4-10-19(15)16(20)12-5-2-6-13(17)11-12/h2,5-6,11,14-15H,3-4,7-10H2,1H3/t14-,15-/m0/s1. The van der Waals surface area contributed by atoms with Gasteiger partial charge < -0.3 is 9.80 Å². The molecule has 2 aliphatic rings. The third-order valence-corrected chi connectivity index (χ3v) is 4.65. The molecule has 0 unspecified atom stereocenters. The molecule has 0 saturated carbocycles.